The molecule has 0 spiro atoms. The zero-order valence-corrected chi connectivity index (χ0v) is 16.3. The molecule has 0 amide bonds. The normalized spacial score (nSPS) is 19.8. The molecule has 0 unspecified atom stereocenters. The van der Waals surface area contributed by atoms with Crippen LogP contribution < -0.4 is 10.2 Å². The largest absolute Gasteiger partial charge is 0.393 e. The molecule has 2 saturated heterocycles. The minimum absolute atomic E-state index is 0.216. The molecule has 150 valence electrons. The van der Waals surface area contributed by atoms with Crippen LogP contribution in [-0.2, 0) is 0 Å². The van der Waals surface area contributed by atoms with E-state index in [-0.39, 0.29) is 6.10 Å². The van der Waals surface area contributed by atoms with Crippen molar-refractivity contribution in [3.63, 3.8) is 0 Å². The predicted molar refractivity (Wildman–Crippen MR) is 109 cm³/mol. The van der Waals surface area contributed by atoms with Crippen LogP contribution in [0.1, 0.15) is 25.7 Å². The standard InChI is InChI=1S/C21H28FN5O/c1-26-9-5-16(6-10-26)24-21-23-14-19(22)20(25-21)15-3-2-4-17(13-15)27-11-7-18(28)8-12-27/h2-4,13-14,16,18,28H,5-12H2,1H3,(H,23,24,25). The summed E-state index contributed by atoms with van der Waals surface area (Å²) >= 11 is 0. The molecule has 2 aromatic rings. The molecule has 3 heterocycles. The number of hydrogen-bond acceptors (Lipinski definition) is 6. The van der Waals surface area contributed by atoms with Gasteiger partial charge in [-0.3, -0.25) is 0 Å². The van der Waals surface area contributed by atoms with Gasteiger partial charge in [0.25, 0.3) is 0 Å². The summed E-state index contributed by atoms with van der Waals surface area (Å²) in [6, 6.07) is 8.13. The van der Waals surface area contributed by atoms with Gasteiger partial charge in [0.2, 0.25) is 5.95 Å². The number of aliphatic hydroxyl groups excluding tert-OH is 1. The lowest BCUT2D eigenvalue weighted by Gasteiger charge is -2.31. The van der Waals surface area contributed by atoms with E-state index < -0.39 is 5.82 Å². The third-order valence-corrected chi connectivity index (χ3v) is 5.75. The fourth-order valence-electron chi connectivity index (χ4n) is 3.95. The van der Waals surface area contributed by atoms with Gasteiger partial charge in [-0.25, -0.2) is 14.4 Å². The Balaban J connectivity index is 1.53. The fraction of sp³-hybridized carbons (Fsp3) is 0.524. The van der Waals surface area contributed by atoms with Crippen molar-refractivity contribution < 1.29 is 9.50 Å². The monoisotopic (exact) mass is 385 g/mol. The predicted octanol–water partition coefficient (Wildman–Crippen LogP) is 2.75. The Morgan fingerprint density at radius 1 is 1.11 bits per heavy atom. The summed E-state index contributed by atoms with van der Waals surface area (Å²) in [5.41, 5.74) is 2.10. The van der Waals surface area contributed by atoms with E-state index in [1.54, 1.807) is 0 Å². The summed E-state index contributed by atoms with van der Waals surface area (Å²) in [6.07, 6.45) is 4.62. The van der Waals surface area contributed by atoms with Gasteiger partial charge in [-0.1, -0.05) is 12.1 Å². The van der Waals surface area contributed by atoms with E-state index in [0.717, 1.165) is 63.1 Å². The second-order valence-electron chi connectivity index (χ2n) is 7.88. The van der Waals surface area contributed by atoms with Crippen LogP contribution in [0.2, 0.25) is 0 Å². The zero-order valence-electron chi connectivity index (χ0n) is 16.3. The van der Waals surface area contributed by atoms with Crippen molar-refractivity contribution in [1.29, 1.82) is 0 Å². The molecule has 2 fully saturated rings. The van der Waals surface area contributed by atoms with Crippen molar-refractivity contribution in [3.8, 4) is 11.3 Å². The van der Waals surface area contributed by atoms with Crippen LogP contribution in [0, 0.1) is 5.82 Å². The fourth-order valence-corrected chi connectivity index (χ4v) is 3.95. The Kier molecular flexibility index (Phi) is 5.73. The van der Waals surface area contributed by atoms with Crippen LogP contribution in [0.25, 0.3) is 11.3 Å². The Labute approximate surface area is 165 Å². The highest BCUT2D eigenvalue weighted by Crippen LogP contribution is 2.28. The number of benzene rings is 1. The van der Waals surface area contributed by atoms with Gasteiger partial charge in [-0.05, 0) is 58.0 Å². The maximum absolute atomic E-state index is 14.5. The Hall–Kier alpha value is -2.25. The third-order valence-electron chi connectivity index (χ3n) is 5.75. The Bertz CT molecular complexity index is 801. The van der Waals surface area contributed by atoms with Crippen molar-refractivity contribution in [2.75, 3.05) is 43.4 Å². The molecule has 2 N–H and O–H groups in total. The quantitative estimate of drug-likeness (QED) is 0.844. The number of piperidine rings is 2. The van der Waals surface area contributed by atoms with Crippen molar-refractivity contribution in [1.82, 2.24) is 14.9 Å². The molecule has 28 heavy (non-hydrogen) atoms. The third kappa shape index (κ3) is 4.42. The lowest BCUT2D eigenvalue weighted by Crippen LogP contribution is -2.37. The number of nitrogens with one attached hydrogen (secondary N) is 1. The topological polar surface area (TPSA) is 64.5 Å². The molecule has 0 bridgehead atoms. The molecule has 2 aliphatic rings. The number of anilines is 2. The molecular formula is C21H28FN5O. The van der Waals surface area contributed by atoms with Crippen molar-refractivity contribution in [2.45, 2.75) is 37.8 Å². The lowest BCUT2D eigenvalue weighted by atomic mass is 10.1. The summed E-state index contributed by atoms with van der Waals surface area (Å²) in [7, 11) is 2.12. The molecule has 6 nitrogen and oxygen atoms in total. The maximum atomic E-state index is 14.5. The number of aliphatic hydroxyl groups is 1. The summed E-state index contributed by atoms with van der Waals surface area (Å²) in [5.74, 6) is 0.0672. The Morgan fingerprint density at radius 3 is 2.61 bits per heavy atom. The molecule has 4 rings (SSSR count). The van der Waals surface area contributed by atoms with Gasteiger partial charge in [0.1, 0.15) is 5.69 Å². The second-order valence-corrected chi connectivity index (χ2v) is 7.88. The van der Waals surface area contributed by atoms with Gasteiger partial charge in [0.15, 0.2) is 5.82 Å². The summed E-state index contributed by atoms with van der Waals surface area (Å²) in [5, 5.41) is 13.1. The first-order valence-electron chi connectivity index (χ1n) is 10.1. The van der Waals surface area contributed by atoms with Gasteiger partial charge < -0.3 is 20.2 Å². The molecule has 1 aromatic heterocycles. The van der Waals surface area contributed by atoms with E-state index in [1.165, 1.54) is 6.20 Å². The molecular weight excluding hydrogens is 357 g/mol. The van der Waals surface area contributed by atoms with Crippen LogP contribution in [-0.4, -0.2) is 65.3 Å². The SMILES string of the molecule is CN1CCC(Nc2ncc(F)c(-c3cccc(N4CCC(O)CC4)c3)n2)CC1. The molecule has 0 atom stereocenters. The molecule has 7 heteroatoms. The number of likely N-dealkylation sites (tertiary alicyclic amines) is 1. The lowest BCUT2D eigenvalue weighted by molar-refractivity contribution is 0.145. The van der Waals surface area contributed by atoms with E-state index in [4.69, 9.17) is 0 Å². The van der Waals surface area contributed by atoms with Crippen LogP contribution >= 0.6 is 0 Å². The summed E-state index contributed by atoms with van der Waals surface area (Å²) in [6.45, 7) is 3.69. The molecule has 2 aliphatic heterocycles. The first-order valence-corrected chi connectivity index (χ1v) is 10.1. The van der Waals surface area contributed by atoms with E-state index in [1.807, 2.05) is 24.3 Å². The number of rotatable bonds is 4. The van der Waals surface area contributed by atoms with Gasteiger partial charge >= 0.3 is 0 Å². The van der Waals surface area contributed by atoms with Gasteiger partial charge in [-0.15, -0.1) is 0 Å². The highest BCUT2D eigenvalue weighted by molar-refractivity contribution is 5.67. The van der Waals surface area contributed by atoms with Crippen molar-refractivity contribution in [2.24, 2.45) is 0 Å². The first kappa shape index (κ1) is 19.1. The van der Waals surface area contributed by atoms with E-state index >= 15 is 0 Å². The van der Waals surface area contributed by atoms with Crippen molar-refractivity contribution in [3.05, 3.63) is 36.3 Å². The highest BCUT2D eigenvalue weighted by atomic mass is 19.1. The van der Waals surface area contributed by atoms with E-state index in [2.05, 4.69) is 32.1 Å². The van der Waals surface area contributed by atoms with Crippen LogP contribution in [0.4, 0.5) is 16.0 Å². The van der Waals surface area contributed by atoms with E-state index in [9.17, 15) is 9.50 Å². The highest BCUT2D eigenvalue weighted by Gasteiger charge is 2.20. The average Bonchev–Trinajstić information content (AvgIpc) is 2.72. The maximum Gasteiger partial charge on any atom is 0.223 e. The number of aromatic nitrogens is 2. The average molecular weight is 385 g/mol. The second kappa shape index (κ2) is 8.41. The zero-order chi connectivity index (χ0) is 19.5. The van der Waals surface area contributed by atoms with Crippen LogP contribution in [0.3, 0.4) is 0 Å². The Morgan fingerprint density at radius 2 is 1.86 bits per heavy atom. The summed E-state index contributed by atoms with van der Waals surface area (Å²) in [4.78, 5) is 13.2. The van der Waals surface area contributed by atoms with E-state index in [0.29, 0.717) is 17.7 Å². The minimum Gasteiger partial charge on any atom is -0.393 e. The summed E-state index contributed by atoms with van der Waals surface area (Å²) < 4.78 is 14.5. The van der Waals surface area contributed by atoms with Gasteiger partial charge in [-0.2, -0.15) is 0 Å². The number of nitrogens with zero attached hydrogens (tertiary/aromatic N) is 4. The number of hydrogen-bond donors (Lipinski definition) is 2. The van der Waals surface area contributed by atoms with Crippen LogP contribution in [0.15, 0.2) is 30.5 Å². The molecule has 0 radical (unpaired) electrons. The number of halogens is 1. The minimum atomic E-state index is -0.417. The van der Waals surface area contributed by atoms with Gasteiger partial charge in [0, 0.05) is 30.4 Å². The molecule has 0 aliphatic carbocycles. The first-order chi connectivity index (χ1) is 13.6. The smallest absolute Gasteiger partial charge is 0.223 e. The van der Waals surface area contributed by atoms with Gasteiger partial charge in [0.05, 0.1) is 12.3 Å². The van der Waals surface area contributed by atoms with Crippen LogP contribution in [0.5, 0.6) is 0 Å². The molecule has 0 saturated carbocycles. The van der Waals surface area contributed by atoms with Crippen molar-refractivity contribution >= 4 is 11.6 Å². The molecule has 1 aromatic carbocycles.